The molecule has 2 aliphatic rings. The predicted octanol–water partition coefficient (Wildman–Crippen LogP) is 1.13. The molecule has 0 aromatic carbocycles. The van der Waals surface area contributed by atoms with Crippen LogP contribution in [0.15, 0.2) is 18.5 Å². The maximum absolute atomic E-state index is 12.7. The van der Waals surface area contributed by atoms with E-state index in [0.29, 0.717) is 12.5 Å². The van der Waals surface area contributed by atoms with Crippen molar-refractivity contribution >= 4 is 11.8 Å². The second kappa shape index (κ2) is 6.50. The summed E-state index contributed by atoms with van der Waals surface area (Å²) < 4.78 is 1.69. The molecule has 0 radical (unpaired) electrons. The zero-order chi connectivity index (χ0) is 15.5. The lowest BCUT2D eigenvalue weighted by Gasteiger charge is -2.42. The molecule has 2 amide bonds. The molecule has 0 aliphatic carbocycles. The van der Waals surface area contributed by atoms with Crippen LogP contribution >= 0.6 is 0 Å². The van der Waals surface area contributed by atoms with Crippen LogP contribution in [0.2, 0.25) is 0 Å². The van der Waals surface area contributed by atoms with Gasteiger partial charge in [-0.15, -0.1) is 0 Å². The van der Waals surface area contributed by atoms with E-state index in [2.05, 4.69) is 10.00 Å². The molecule has 2 fully saturated rings. The SMILES string of the molecule is CC(=O)N1CC[C@@H]2[C@@H](CCCCN2C(=O)Cn2cccn2)C1. The Morgan fingerprint density at radius 1 is 1.23 bits per heavy atom. The molecule has 6 nitrogen and oxygen atoms in total. The van der Waals surface area contributed by atoms with Gasteiger partial charge in [0, 0.05) is 45.0 Å². The fourth-order valence-corrected chi connectivity index (χ4v) is 3.79. The van der Waals surface area contributed by atoms with E-state index in [1.807, 2.05) is 17.2 Å². The molecular formula is C16H24N4O2. The van der Waals surface area contributed by atoms with Crippen LogP contribution in [-0.2, 0) is 16.1 Å². The Kier molecular flexibility index (Phi) is 4.45. The normalized spacial score (nSPS) is 25.5. The summed E-state index contributed by atoms with van der Waals surface area (Å²) in [4.78, 5) is 28.3. The number of carbonyl (C=O) groups excluding carboxylic acids is 2. The van der Waals surface area contributed by atoms with Crippen LogP contribution in [0.3, 0.4) is 0 Å². The molecule has 0 bridgehead atoms. The molecular weight excluding hydrogens is 280 g/mol. The fourth-order valence-electron chi connectivity index (χ4n) is 3.79. The van der Waals surface area contributed by atoms with E-state index in [-0.39, 0.29) is 17.9 Å². The number of fused-ring (bicyclic) bond motifs is 1. The van der Waals surface area contributed by atoms with Crippen molar-refractivity contribution in [2.24, 2.45) is 5.92 Å². The molecule has 120 valence electrons. The molecule has 2 saturated heterocycles. The standard InChI is InChI=1S/C16H24N4O2/c1-13(21)18-10-6-15-14(11-18)5-2-3-9-20(15)16(22)12-19-8-4-7-17-19/h4,7-8,14-15H,2-3,5-6,9-12H2,1H3/t14-,15+/m0/s1. The van der Waals surface area contributed by atoms with Gasteiger partial charge in [-0.05, 0) is 31.2 Å². The Labute approximate surface area is 131 Å². The van der Waals surface area contributed by atoms with Crippen LogP contribution in [0.25, 0.3) is 0 Å². The van der Waals surface area contributed by atoms with Crippen LogP contribution in [0, 0.1) is 5.92 Å². The lowest BCUT2D eigenvalue weighted by atomic mass is 9.88. The highest BCUT2D eigenvalue weighted by atomic mass is 16.2. The van der Waals surface area contributed by atoms with Gasteiger partial charge < -0.3 is 9.80 Å². The van der Waals surface area contributed by atoms with Crippen molar-refractivity contribution in [2.75, 3.05) is 19.6 Å². The first-order valence-electron chi connectivity index (χ1n) is 8.17. The first-order valence-corrected chi connectivity index (χ1v) is 8.17. The van der Waals surface area contributed by atoms with Gasteiger partial charge in [0.25, 0.3) is 0 Å². The van der Waals surface area contributed by atoms with Gasteiger partial charge in [0.05, 0.1) is 0 Å². The number of rotatable bonds is 2. The van der Waals surface area contributed by atoms with Crippen molar-refractivity contribution in [3.05, 3.63) is 18.5 Å². The van der Waals surface area contributed by atoms with Crippen molar-refractivity contribution < 1.29 is 9.59 Å². The van der Waals surface area contributed by atoms with E-state index in [0.717, 1.165) is 45.3 Å². The third kappa shape index (κ3) is 3.15. The van der Waals surface area contributed by atoms with E-state index in [4.69, 9.17) is 0 Å². The minimum atomic E-state index is 0.150. The smallest absolute Gasteiger partial charge is 0.244 e. The molecule has 3 heterocycles. The largest absolute Gasteiger partial charge is 0.343 e. The molecule has 0 saturated carbocycles. The Hall–Kier alpha value is -1.85. The van der Waals surface area contributed by atoms with Crippen LogP contribution in [0.4, 0.5) is 0 Å². The molecule has 1 aromatic rings. The van der Waals surface area contributed by atoms with Crippen LogP contribution in [0.1, 0.15) is 32.6 Å². The van der Waals surface area contributed by atoms with Crippen molar-refractivity contribution in [1.82, 2.24) is 19.6 Å². The lowest BCUT2D eigenvalue weighted by Crippen LogP contribution is -2.53. The van der Waals surface area contributed by atoms with Crippen molar-refractivity contribution in [3.63, 3.8) is 0 Å². The summed E-state index contributed by atoms with van der Waals surface area (Å²) in [7, 11) is 0. The number of carbonyl (C=O) groups is 2. The summed E-state index contributed by atoms with van der Waals surface area (Å²) >= 11 is 0. The highest BCUT2D eigenvalue weighted by Crippen LogP contribution is 2.30. The molecule has 0 unspecified atom stereocenters. The average molecular weight is 304 g/mol. The average Bonchev–Trinajstić information content (AvgIpc) is 2.91. The summed E-state index contributed by atoms with van der Waals surface area (Å²) in [5.41, 5.74) is 0. The highest BCUT2D eigenvalue weighted by Gasteiger charge is 2.37. The third-order valence-corrected chi connectivity index (χ3v) is 4.94. The number of hydrogen-bond acceptors (Lipinski definition) is 3. The summed E-state index contributed by atoms with van der Waals surface area (Å²) in [5, 5.41) is 4.13. The zero-order valence-electron chi connectivity index (χ0n) is 13.1. The number of amides is 2. The summed E-state index contributed by atoms with van der Waals surface area (Å²) in [6, 6.07) is 2.12. The van der Waals surface area contributed by atoms with Gasteiger partial charge in [-0.2, -0.15) is 5.10 Å². The Bertz CT molecular complexity index is 528. The minimum absolute atomic E-state index is 0.150. The van der Waals surface area contributed by atoms with E-state index in [1.54, 1.807) is 17.8 Å². The fraction of sp³-hybridized carbons (Fsp3) is 0.688. The maximum Gasteiger partial charge on any atom is 0.244 e. The van der Waals surface area contributed by atoms with Crippen molar-refractivity contribution in [1.29, 1.82) is 0 Å². The number of piperidine rings is 1. The van der Waals surface area contributed by atoms with Crippen LogP contribution < -0.4 is 0 Å². The van der Waals surface area contributed by atoms with Crippen LogP contribution in [-0.4, -0.2) is 57.1 Å². The highest BCUT2D eigenvalue weighted by molar-refractivity contribution is 5.76. The molecule has 6 heteroatoms. The second-order valence-electron chi connectivity index (χ2n) is 6.37. The van der Waals surface area contributed by atoms with Gasteiger partial charge in [-0.1, -0.05) is 6.42 Å². The molecule has 2 atom stereocenters. The van der Waals surface area contributed by atoms with Gasteiger partial charge in [0.2, 0.25) is 11.8 Å². The third-order valence-electron chi connectivity index (χ3n) is 4.94. The predicted molar refractivity (Wildman–Crippen MR) is 81.9 cm³/mol. The summed E-state index contributed by atoms with van der Waals surface area (Å²) in [5.74, 6) is 0.718. The van der Waals surface area contributed by atoms with Gasteiger partial charge in [0.15, 0.2) is 0 Å². The first-order chi connectivity index (χ1) is 10.6. The summed E-state index contributed by atoms with van der Waals surface area (Å²) in [6.45, 7) is 4.35. The van der Waals surface area contributed by atoms with Crippen molar-refractivity contribution in [3.8, 4) is 0 Å². The Morgan fingerprint density at radius 2 is 2.09 bits per heavy atom. The number of hydrogen-bond donors (Lipinski definition) is 0. The van der Waals surface area contributed by atoms with Gasteiger partial charge in [-0.3, -0.25) is 14.3 Å². The van der Waals surface area contributed by atoms with E-state index in [9.17, 15) is 9.59 Å². The van der Waals surface area contributed by atoms with Gasteiger partial charge in [-0.25, -0.2) is 0 Å². The maximum atomic E-state index is 12.7. The molecule has 2 aliphatic heterocycles. The Morgan fingerprint density at radius 3 is 2.82 bits per heavy atom. The minimum Gasteiger partial charge on any atom is -0.343 e. The first kappa shape index (κ1) is 15.1. The summed E-state index contributed by atoms with van der Waals surface area (Å²) in [6.07, 6.45) is 7.72. The quantitative estimate of drug-likeness (QED) is 0.823. The second-order valence-corrected chi connectivity index (χ2v) is 6.37. The molecule has 0 N–H and O–H groups in total. The van der Waals surface area contributed by atoms with E-state index < -0.39 is 0 Å². The van der Waals surface area contributed by atoms with Gasteiger partial charge in [0.1, 0.15) is 6.54 Å². The lowest BCUT2D eigenvalue weighted by molar-refractivity contribution is -0.138. The molecule has 0 spiro atoms. The molecule has 1 aromatic heterocycles. The molecule has 22 heavy (non-hydrogen) atoms. The number of likely N-dealkylation sites (tertiary alicyclic amines) is 2. The zero-order valence-corrected chi connectivity index (χ0v) is 13.1. The Balaban J connectivity index is 1.70. The van der Waals surface area contributed by atoms with E-state index >= 15 is 0 Å². The van der Waals surface area contributed by atoms with Gasteiger partial charge >= 0.3 is 0 Å². The van der Waals surface area contributed by atoms with Crippen molar-refractivity contribution in [2.45, 2.75) is 45.2 Å². The van der Waals surface area contributed by atoms with E-state index in [1.165, 1.54) is 0 Å². The number of aromatic nitrogens is 2. The topological polar surface area (TPSA) is 58.4 Å². The monoisotopic (exact) mass is 304 g/mol. The van der Waals surface area contributed by atoms with Crippen LogP contribution in [0.5, 0.6) is 0 Å². The molecule has 3 rings (SSSR count). The number of nitrogens with zero attached hydrogens (tertiary/aromatic N) is 4.